The number of quaternary nitrogens is 1. The first-order valence-electron chi connectivity index (χ1n) is 26.9. The number of unbranched alkanes of at least 4 members (excludes halogenated alkanes) is 16. The molecule has 0 spiro atoms. The highest BCUT2D eigenvalue weighted by atomic mass is 31.2. The van der Waals surface area contributed by atoms with E-state index in [2.05, 4.69) is 129 Å². The normalized spacial score (nSPS) is 15.0. The summed E-state index contributed by atoms with van der Waals surface area (Å²) < 4.78 is 23.3. The first-order chi connectivity index (χ1) is 33.0. The summed E-state index contributed by atoms with van der Waals surface area (Å²) in [6, 6.07) is -0.913. The quantitative estimate of drug-likeness (QED) is 0.0272. The first-order valence-corrected chi connectivity index (χ1v) is 28.4. The number of nitrogens with one attached hydrogen (secondary N) is 1. The summed E-state index contributed by atoms with van der Waals surface area (Å²) in [5.74, 6) is -0.235. The van der Waals surface area contributed by atoms with Crippen molar-refractivity contribution in [2.45, 2.75) is 206 Å². The molecule has 0 heterocycles. The van der Waals surface area contributed by atoms with Crippen molar-refractivity contribution in [3.8, 4) is 0 Å². The van der Waals surface area contributed by atoms with E-state index in [-0.39, 0.29) is 12.5 Å². The maximum absolute atomic E-state index is 12.9. The number of phosphoric ester groups is 1. The Morgan fingerprint density at radius 2 is 0.897 bits per heavy atom. The third kappa shape index (κ3) is 50.8. The Labute approximate surface area is 418 Å². The van der Waals surface area contributed by atoms with Crippen LogP contribution in [0.4, 0.5) is 0 Å². The molecule has 3 unspecified atom stereocenters. The minimum Gasteiger partial charge on any atom is -0.756 e. The zero-order valence-corrected chi connectivity index (χ0v) is 44.9. The average Bonchev–Trinajstić information content (AvgIpc) is 3.30. The third-order valence-electron chi connectivity index (χ3n) is 11.2. The molecule has 0 radical (unpaired) electrons. The largest absolute Gasteiger partial charge is 0.756 e. The van der Waals surface area contributed by atoms with Crippen LogP contribution in [0.15, 0.2) is 122 Å². The highest BCUT2D eigenvalue weighted by Gasteiger charge is 2.23. The topological polar surface area (TPSA) is 108 Å². The predicted octanol–water partition coefficient (Wildman–Crippen LogP) is 15.6. The molecule has 0 saturated carbocycles. The molecule has 9 heteroatoms. The Morgan fingerprint density at radius 3 is 1.31 bits per heavy atom. The second kappa shape index (κ2) is 48.9. The van der Waals surface area contributed by atoms with Crippen LogP contribution >= 0.6 is 7.82 Å². The van der Waals surface area contributed by atoms with E-state index in [1.165, 1.54) is 70.6 Å². The summed E-state index contributed by atoms with van der Waals surface area (Å²) in [6.45, 7) is 4.49. The van der Waals surface area contributed by atoms with Crippen LogP contribution in [0.25, 0.3) is 0 Å². The smallest absolute Gasteiger partial charge is 0.268 e. The summed E-state index contributed by atoms with van der Waals surface area (Å²) in [5.41, 5.74) is 0. The predicted molar refractivity (Wildman–Crippen MR) is 292 cm³/mol. The van der Waals surface area contributed by atoms with Crippen LogP contribution in [0.2, 0.25) is 0 Å². The number of hydrogen-bond acceptors (Lipinski definition) is 6. The lowest BCUT2D eigenvalue weighted by Gasteiger charge is -2.29. The molecule has 68 heavy (non-hydrogen) atoms. The fourth-order valence-electron chi connectivity index (χ4n) is 6.97. The number of allylic oxidation sites excluding steroid dienone is 19. The van der Waals surface area contributed by atoms with Crippen molar-refractivity contribution in [1.29, 1.82) is 0 Å². The Balaban J connectivity index is 4.35. The number of carbonyl (C=O) groups excluding carboxylic acids is 1. The Bertz CT molecular complexity index is 1510. The maximum Gasteiger partial charge on any atom is 0.268 e. The molecule has 0 fully saturated rings. The number of likely N-dealkylation sites (N-methyl/N-ethyl adjacent to an activating group) is 1. The lowest BCUT2D eigenvalue weighted by Crippen LogP contribution is -2.45. The summed E-state index contributed by atoms with van der Waals surface area (Å²) in [5, 5.41) is 13.8. The van der Waals surface area contributed by atoms with Crippen molar-refractivity contribution in [2.24, 2.45) is 0 Å². The van der Waals surface area contributed by atoms with E-state index in [1.54, 1.807) is 6.08 Å². The van der Waals surface area contributed by atoms with Gasteiger partial charge in [-0.15, -0.1) is 0 Å². The van der Waals surface area contributed by atoms with Crippen LogP contribution in [0, 0.1) is 0 Å². The van der Waals surface area contributed by atoms with Gasteiger partial charge < -0.3 is 28.8 Å². The summed E-state index contributed by atoms with van der Waals surface area (Å²) in [6.07, 6.45) is 72.6. The van der Waals surface area contributed by atoms with Gasteiger partial charge >= 0.3 is 0 Å². The minimum absolute atomic E-state index is 0.0147. The molecule has 0 aliphatic rings. The van der Waals surface area contributed by atoms with E-state index in [0.717, 1.165) is 96.3 Å². The van der Waals surface area contributed by atoms with Gasteiger partial charge in [0.1, 0.15) is 13.2 Å². The summed E-state index contributed by atoms with van der Waals surface area (Å²) in [4.78, 5) is 25.4. The molecule has 0 aliphatic heterocycles. The molecule has 0 saturated heterocycles. The van der Waals surface area contributed by atoms with E-state index in [1.807, 2.05) is 27.2 Å². The van der Waals surface area contributed by atoms with Gasteiger partial charge in [-0.2, -0.15) is 0 Å². The molecule has 0 rings (SSSR count). The SMILES string of the molecule is CC/C=C\C/C=C\C/C=C\C/C=C\C/C=C\C/C=C\C/C=C\C/C=C\C/C=C\CCCCCC(=O)NC(COP(=O)([O-])OCC[N+](C)(C)C)C(O)/C=C/CCCCCCCCCCCCCCC. The molecular weight excluding hydrogens is 864 g/mol. The second-order valence-corrected chi connectivity index (χ2v) is 20.3. The number of hydrogen-bond donors (Lipinski definition) is 2. The average molecular weight is 965 g/mol. The molecule has 8 nitrogen and oxygen atoms in total. The number of amides is 1. The molecule has 0 aromatic carbocycles. The summed E-state index contributed by atoms with van der Waals surface area (Å²) in [7, 11) is 1.22. The van der Waals surface area contributed by atoms with Gasteiger partial charge in [0, 0.05) is 6.42 Å². The number of aliphatic hydroxyl groups excluding tert-OH is 1. The van der Waals surface area contributed by atoms with Gasteiger partial charge in [0.25, 0.3) is 7.82 Å². The van der Waals surface area contributed by atoms with Crippen molar-refractivity contribution in [2.75, 3.05) is 40.9 Å². The standard InChI is InChI=1S/C59H101N2O6P/c1-6-8-10-12-14-16-18-20-22-23-24-25-26-27-28-29-30-31-32-33-34-35-36-37-39-41-43-45-47-49-51-53-59(63)60-57(56-67-68(64,65)66-55-54-61(3,4)5)58(62)52-50-48-46-44-42-40-38-21-19-17-15-13-11-9-7-2/h8,10,14,16,20,22,24-25,27-28,30-31,33-34,36-37,41,43,50,52,57-58,62H,6-7,9,11-13,15,17-19,21,23,26,29,32,35,38-40,42,44-49,51,53-56H2,1-5H3,(H-,60,63,64,65)/b10-8-,16-14-,22-20-,25-24-,28-27-,31-30-,34-33-,37-36-,43-41-,52-50+. The van der Waals surface area contributed by atoms with Gasteiger partial charge in [-0.25, -0.2) is 0 Å². The number of phosphoric acid groups is 1. The molecule has 388 valence electrons. The molecule has 0 bridgehead atoms. The number of nitrogens with zero attached hydrogens (tertiary/aromatic N) is 1. The zero-order chi connectivity index (χ0) is 49.9. The van der Waals surface area contributed by atoms with Gasteiger partial charge in [0.05, 0.1) is 39.9 Å². The van der Waals surface area contributed by atoms with Crippen LogP contribution in [0.1, 0.15) is 194 Å². The highest BCUT2D eigenvalue weighted by Crippen LogP contribution is 2.38. The van der Waals surface area contributed by atoms with E-state index < -0.39 is 26.6 Å². The lowest BCUT2D eigenvalue weighted by atomic mass is 10.0. The molecule has 0 aromatic rings. The van der Waals surface area contributed by atoms with E-state index in [0.29, 0.717) is 23.9 Å². The van der Waals surface area contributed by atoms with Crippen LogP contribution in [0.3, 0.4) is 0 Å². The molecular formula is C59H101N2O6P. The molecule has 2 N–H and O–H groups in total. The van der Waals surface area contributed by atoms with Crippen molar-refractivity contribution in [3.63, 3.8) is 0 Å². The second-order valence-electron chi connectivity index (χ2n) is 18.9. The Kier molecular flexibility index (Phi) is 46.7. The summed E-state index contributed by atoms with van der Waals surface area (Å²) >= 11 is 0. The van der Waals surface area contributed by atoms with Crippen LogP contribution in [-0.4, -0.2) is 68.5 Å². The lowest BCUT2D eigenvalue weighted by molar-refractivity contribution is -0.870. The minimum atomic E-state index is -4.61. The van der Waals surface area contributed by atoms with Crippen molar-refractivity contribution in [1.82, 2.24) is 5.32 Å². The van der Waals surface area contributed by atoms with E-state index in [4.69, 9.17) is 9.05 Å². The van der Waals surface area contributed by atoms with Gasteiger partial charge in [-0.3, -0.25) is 9.36 Å². The molecule has 3 atom stereocenters. The van der Waals surface area contributed by atoms with Gasteiger partial charge in [-0.05, 0) is 89.9 Å². The van der Waals surface area contributed by atoms with Crippen LogP contribution in [-0.2, 0) is 18.4 Å². The monoisotopic (exact) mass is 965 g/mol. The first kappa shape index (κ1) is 64.9. The fourth-order valence-corrected chi connectivity index (χ4v) is 7.69. The van der Waals surface area contributed by atoms with E-state index in [9.17, 15) is 19.4 Å². The van der Waals surface area contributed by atoms with E-state index >= 15 is 0 Å². The highest BCUT2D eigenvalue weighted by molar-refractivity contribution is 7.45. The molecule has 1 amide bonds. The Hall–Kier alpha value is -3.10. The maximum atomic E-state index is 12.9. The van der Waals surface area contributed by atoms with Gasteiger partial charge in [-0.1, -0.05) is 219 Å². The number of aliphatic hydroxyl groups is 1. The van der Waals surface area contributed by atoms with Crippen LogP contribution in [0.5, 0.6) is 0 Å². The number of rotatable bonds is 47. The van der Waals surface area contributed by atoms with Gasteiger partial charge in [0.2, 0.25) is 5.91 Å². The third-order valence-corrected chi connectivity index (χ3v) is 12.1. The van der Waals surface area contributed by atoms with Crippen molar-refractivity contribution >= 4 is 13.7 Å². The number of carbonyl (C=O) groups is 1. The fraction of sp³-hybridized carbons (Fsp3) is 0.644. The van der Waals surface area contributed by atoms with Crippen molar-refractivity contribution < 1.29 is 32.9 Å². The van der Waals surface area contributed by atoms with Gasteiger partial charge in [0.15, 0.2) is 0 Å². The van der Waals surface area contributed by atoms with Crippen molar-refractivity contribution in [3.05, 3.63) is 122 Å². The zero-order valence-electron chi connectivity index (χ0n) is 44.0. The molecule has 0 aromatic heterocycles. The molecule has 0 aliphatic carbocycles. The Morgan fingerprint density at radius 1 is 0.529 bits per heavy atom. The van der Waals surface area contributed by atoms with Crippen LogP contribution < -0.4 is 10.2 Å².